The summed E-state index contributed by atoms with van der Waals surface area (Å²) in [5, 5.41) is 2.77. The Labute approximate surface area is 98.3 Å². The molecule has 94 valence electrons. The first-order valence-corrected chi connectivity index (χ1v) is 6.24. The van der Waals surface area contributed by atoms with E-state index < -0.39 is 0 Å². The molecule has 0 spiro atoms. The lowest BCUT2D eigenvalue weighted by molar-refractivity contribution is 0.113. The van der Waals surface area contributed by atoms with Crippen LogP contribution in [-0.4, -0.2) is 43.3 Å². The minimum atomic E-state index is -0.305. The summed E-state index contributed by atoms with van der Waals surface area (Å²) >= 11 is 0. The van der Waals surface area contributed by atoms with Crippen molar-refractivity contribution in [1.82, 2.24) is 10.2 Å². The molecule has 1 saturated heterocycles. The number of ether oxygens (including phenoxy) is 1. The molecule has 1 N–H and O–H groups in total. The third kappa shape index (κ3) is 5.35. The first-order valence-electron chi connectivity index (χ1n) is 6.24. The van der Waals surface area contributed by atoms with Crippen molar-refractivity contribution in [3.8, 4) is 0 Å². The second-order valence-corrected chi connectivity index (χ2v) is 4.91. The van der Waals surface area contributed by atoms with E-state index in [0.717, 1.165) is 25.6 Å². The molecule has 1 aliphatic rings. The summed E-state index contributed by atoms with van der Waals surface area (Å²) in [4.78, 5) is 13.6. The van der Waals surface area contributed by atoms with Crippen molar-refractivity contribution in [3.63, 3.8) is 0 Å². The standard InChI is InChI=1S/C12H24N2O2/c1-10(2)16-12(15)13-6-9-14-7-4-11(3)5-8-14/h10-11H,4-9H2,1-3H3,(H,13,15). The molecule has 0 bridgehead atoms. The van der Waals surface area contributed by atoms with Crippen LogP contribution in [0.1, 0.15) is 33.6 Å². The summed E-state index contributed by atoms with van der Waals surface area (Å²) in [7, 11) is 0. The number of alkyl carbamates (subject to hydrolysis) is 1. The van der Waals surface area contributed by atoms with Gasteiger partial charge in [0.2, 0.25) is 0 Å². The van der Waals surface area contributed by atoms with Crippen molar-refractivity contribution < 1.29 is 9.53 Å². The van der Waals surface area contributed by atoms with E-state index in [9.17, 15) is 4.79 Å². The van der Waals surface area contributed by atoms with Crippen molar-refractivity contribution in [1.29, 1.82) is 0 Å². The number of rotatable bonds is 4. The van der Waals surface area contributed by atoms with E-state index in [1.54, 1.807) is 0 Å². The highest BCUT2D eigenvalue weighted by Crippen LogP contribution is 2.14. The van der Waals surface area contributed by atoms with Crippen molar-refractivity contribution in [2.24, 2.45) is 5.92 Å². The van der Waals surface area contributed by atoms with Gasteiger partial charge in [-0.25, -0.2) is 4.79 Å². The Morgan fingerprint density at radius 3 is 2.62 bits per heavy atom. The Kier molecular flexibility index (Phi) is 5.60. The molecule has 1 amide bonds. The molecule has 0 aromatic carbocycles. The fourth-order valence-electron chi connectivity index (χ4n) is 1.86. The largest absolute Gasteiger partial charge is 0.447 e. The second kappa shape index (κ2) is 6.74. The van der Waals surface area contributed by atoms with Crippen LogP contribution in [0.4, 0.5) is 4.79 Å². The van der Waals surface area contributed by atoms with E-state index in [-0.39, 0.29) is 12.2 Å². The van der Waals surface area contributed by atoms with Gasteiger partial charge in [-0.2, -0.15) is 0 Å². The quantitative estimate of drug-likeness (QED) is 0.798. The summed E-state index contributed by atoms with van der Waals surface area (Å²) in [6.07, 6.45) is 2.20. The van der Waals surface area contributed by atoms with E-state index in [1.807, 2.05) is 13.8 Å². The molecule has 1 fully saturated rings. The fourth-order valence-corrected chi connectivity index (χ4v) is 1.86. The van der Waals surface area contributed by atoms with E-state index in [2.05, 4.69) is 17.1 Å². The predicted octanol–water partition coefficient (Wildman–Crippen LogP) is 1.85. The topological polar surface area (TPSA) is 41.6 Å². The molecule has 4 nitrogen and oxygen atoms in total. The van der Waals surface area contributed by atoms with Crippen LogP contribution in [0.5, 0.6) is 0 Å². The van der Waals surface area contributed by atoms with Gasteiger partial charge in [-0.05, 0) is 45.7 Å². The summed E-state index contributed by atoms with van der Waals surface area (Å²) in [6.45, 7) is 9.93. The van der Waals surface area contributed by atoms with E-state index >= 15 is 0 Å². The number of nitrogens with one attached hydrogen (secondary N) is 1. The zero-order valence-electron chi connectivity index (χ0n) is 10.7. The van der Waals surface area contributed by atoms with Gasteiger partial charge in [0.1, 0.15) is 0 Å². The van der Waals surface area contributed by atoms with E-state index in [0.29, 0.717) is 6.54 Å². The van der Waals surface area contributed by atoms with Crippen LogP contribution in [0.2, 0.25) is 0 Å². The third-order valence-corrected chi connectivity index (χ3v) is 2.92. The minimum absolute atomic E-state index is 0.0455. The molecule has 0 unspecified atom stereocenters. The molecule has 0 aliphatic carbocycles. The molecular weight excluding hydrogens is 204 g/mol. The molecule has 4 heteroatoms. The average Bonchev–Trinajstić information content (AvgIpc) is 2.20. The first kappa shape index (κ1) is 13.3. The average molecular weight is 228 g/mol. The number of hydrogen-bond acceptors (Lipinski definition) is 3. The highest BCUT2D eigenvalue weighted by atomic mass is 16.6. The molecule has 0 saturated carbocycles. The Balaban J connectivity index is 2.04. The lowest BCUT2D eigenvalue weighted by Gasteiger charge is -2.30. The Hall–Kier alpha value is -0.770. The third-order valence-electron chi connectivity index (χ3n) is 2.92. The predicted molar refractivity (Wildman–Crippen MR) is 64.5 cm³/mol. The van der Waals surface area contributed by atoms with Gasteiger partial charge in [-0.1, -0.05) is 6.92 Å². The van der Waals surface area contributed by atoms with Crippen LogP contribution in [0.25, 0.3) is 0 Å². The molecular formula is C12H24N2O2. The number of amides is 1. The van der Waals surface area contributed by atoms with Gasteiger partial charge in [-0.3, -0.25) is 0 Å². The van der Waals surface area contributed by atoms with Crippen molar-refractivity contribution in [3.05, 3.63) is 0 Å². The molecule has 0 aromatic heterocycles. The van der Waals surface area contributed by atoms with Crippen LogP contribution < -0.4 is 5.32 Å². The van der Waals surface area contributed by atoms with Gasteiger partial charge in [0.05, 0.1) is 6.10 Å². The van der Waals surface area contributed by atoms with Gasteiger partial charge >= 0.3 is 6.09 Å². The van der Waals surface area contributed by atoms with E-state index in [4.69, 9.17) is 4.74 Å². The Morgan fingerprint density at radius 1 is 1.44 bits per heavy atom. The maximum atomic E-state index is 11.2. The molecule has 1 rings (SSSR count). The monoisotopic (exact) mass is 228 g/mol. The van der Waals surface area contributed by atoms with Crippen LogP contribution in [0, 0.1) is 5.92 Å². The number of piperidine rings is 1. The summed E-state index contributed by atoms with van der Waals surface area (Å²) < 4.78 is 4.99. The van der Waals surface area contributed by atoms with E-state index in [1.165, 1.54) is 12.8 Å². The molecule has 0 atom stereocenters. The van der Waals surface area contributed by atoms with Crippen molar-refractivity contribution in [2.45, 2.75) is 39.7 Å². The fraction of sp³-hybridized carbons (Fsp3) is 0.917. The minimum Gasteiger partial charge on any atom is -0.447 e. The number of nitrogens with zero attached hydrogens (tertiary/aromatic N) is 1. The van der Waals surface area contributed by atoms with Gasteiger partial charge in [0.15, 0.2) is 0 Å². The molecule has 16 heavy (non-hydrogen) atoms. The van der Waals surface area contributed by atoms with Crippen LogP contribution in [0.15, 0.2) is 0 Å². The SMILES string of the molecule is CC1CCN(CCNC(=O)OC(C)C)CC1. The van der Waals surface area contributed by atoms with Gasteiger partial charge in [0, 0.05) is 13.1 Å². The molecule has 0 aromatic rings. The zero-order valence-corrected chi connectivity index (χ0v) is 10.7. The van der Waals surface area contributed by atoms with Gasteiger partial charge < -0.3 is 15.0 Å². The normalized spacial score (nSPS) is 18.8. The van der Waals surface area contributed by atoms with Crippen LogP contribution in [-0.2, 0) is 4.74 Å². The maximum absolute atomic E-state index is 11.2. The summed E-state index contributed by atoms with van der Waals surface area (Å²) in [6, 6.07) is 0. The highest BCUT2D eigenvalue weighted by Gasteiger charge is 2.15. The molecule has 1 heterocycles. The first-order chi connectivity index (χ1) is 7.58. The summed E-state index contributed by atoms with van der Waals surface area (Å²) in [5.74, 6) is 0.857. The smallest absolute Gasteiger partial charge is 0.407 e. The van der Waals surface area contributed by atoms with Gasteiger partial charge in [-0.15, -0.1) is 0 Å². The molecule has 0 radical (unpaired) electrons. The van der Waals surface area contributed by atoms with Crippen molar-refractivity contribution >= 4 is 6.09 Å². The lowest BCUT2D eigenvalue weighted by Crippen LogP contribution is -2.39. The Morgan fingerprint density at radius 2 is 2.06 bits per heavy atom. The lowest BCUT2D eigenvalue weighted by atomic mass is 9.99. The number of likely N-dealkylation sites (tertiary alicyclic amines) is 1. The van der Waals surface area contributed by atoms with Crippen LogP contribution in [0.3, 0.4) is 0 Å². The molecule has 1 aliphatic heterocycles. The van der Waals surface area contributed by atoms with Crippen molar-refractivity contribution in [2.75, 3.05) is 26.2 Å². The Bertz CT molecular complexity index is 211. The highest BCUT2D eigenvalue weighted by molar-refractivity contribution is 5.67. The number of carbonyl (C=O) groups excluding carboxylic acids is 1. The number of hydrogen-bond donors (Lipinski definition) is 1. The second-order valence-electron chi connectivity index (χ2n) is 4.91. The van der Waals surface area contributed by atoms with Crippen LogP contribution >= 0.6 is 0 Å². The van der Waals surface area contributed by atoms with Gasteiger partial charge in [0.25, 0.3) is 0 Å². The summed E-state index contributed by atoms with van der Waals surface area (Å²) in [5.41, 5.74) is 0. The maximum Gasteiger partial charge on any atom is 0.407 e. The number of carbonyl (C=O) groups is 1. The zero-order chi connectivity index (χ0) is 12.0.